The molecule has 0 aliphatic carbocycles. The fraction of sp³-hybridized carbons (Fsp3) is 0.174. The van der Waals surface area contributed by atoms with E-state index in [-0.39, 0.29) is 34.9 Å². The van der Waals surface area contributed by atoms with Crippen molar-refractivity contribution in [2.24, 2.45) is 0 Å². The number of alkyl halides is 3. The molecule has 3 aromatic carbocycles. The van der Waals surface area contributed by atoms with E-state index in [4.69, 9.17) is 16.3 Å². The number of hydrogen-bond acceptors (Lipinski definition) is 4. The fourth-order valence-corrected chi connectivity index (χ4v) is 4.13. The summed E-state index contributed by atoms with van der Waals surface area (Å²) in [5.74, 6) is -0.141. The molecule has 180 valence electrons. The number of carbonyl (C=O) groups is 1. The van der Waals surface area contributed by atoms with Gasteiger partial charge in [-0.2, -0.15) is 13.2 Å². The van der Waals surface area contributed by atoms with Crippen molar-refractivity contribution < 1.29 is 31.1 Å². The van der Waals surface area contributed by atoms with Crippen molar-refractivity contribution in [3.63, 3.8) is 0 Å². The van der Waals surface area contributed by atoms with Crippen LogP contribution in [0.2, 0.25) is 5.02 Å². The van der Waals surface area contributed by atoms with Crippen molar-refractivity contribution in [3.8, 4) is 5.75 Å². The van der Waals surface area contributed by atoms with E-state index in [1.807, 2.05) is 0 Å². The molecule has 0 aliphatic rings. The maximum absolute atomic E-state index is 12.8. The molecule has 6 nitrogen and oxygen atoms in total. The molecule has 0 bridgehead atoms. The highest BCUT2D eigenvalue weighted by atomic mass is 35.5. The molecule has 0 aromatic heterocycles. The number of sulfonamides is 1. The lowest BCUT2D eigenvalue weighted by Gasteiger charge is -2.15. The van der Waals surface area contributed by atoms with Crippen LogP contribution in [-0.2, 0) is 21.0 Å². The number of anilines is 1. The zero-order chi connectivity index (χ0) is 24.9. The smallest absolute Gasteiger partial charge is 0.416 e. The summed E-state index contributed by atoms with van der Waals surface area (Å²) in [4.78, 5) is 12.0. The van der Waals surface area contributed by atoms with E-state index < -0.39 is 21.8 Å². The van der Waals surface area contributed by atoms with Gasteiger partial charge in [0.2, 0.25) is 0 Å². The Morgan fingerprint density at radius 1 is 1.03 bits per heavy atom. The van der Waals surface area contributed by atoms with Gasteiger partial charge in [-0.3, -0.25) is 9.52 Å². The zero-order valence-electron chi connectivity index (χ0n) is 17.8. The van der Waals surface area contributed by atoms with E-state index in [0.717, 1.165) is 17.7 Å². The average Bonchev–Trinajstić information content (AvgIpc) is 2.78. The van der Waals surface area contributed by atoms with Gasteiger partial charge in [0, 0.05) is 10.7 Å². The molecular weight excluding hydrogens is 493 g/mol. The molecule has 11 heteroatoms. The summed E-state index contributed by atoms with van der Waals surface area (Å²) in [6, 6.07) is 15.7. The molecular formula is C23H20ClF3N2O4S. The van der Waals surface area contributed by atoms with Crippen molar-refractivity contribution >= 4 is 33.2 Å². The van der Waals surface area contributed by atoms with E-state index >= 15 is 0 Å². The minimum atomic E-state index is -4.60. The van der Waals surface area contributed by atoms with Gasteiger partial charge in [0.05, 0.1) is 16.5 Å². The van der Waals surface area contributed by atoms with Crippen LogP contribution in [0.15, 0.2) is 77.7 Å². The Kier molecular flexibility index (Phi) is 7.73. The van der Waals surface area contributed by atoms with E-state index in [9.17, 15) is 26.4 Å². The highest BCUT2D eigenvalue weighted by molar-refractivity contribution is 7.92. The van der Waals surface area contributed by atoms with E-state index in [0.29, 0.717) is 11.1 Å². The molecule has 34 heavy (non-hydrogen) atoms. The third-order valence-corrected chi connectivity index (χ3v) is 6.34. The zero-order valence-corrected chi connectivity index (χ0v) is 19.3. The van der Waals surface area contributed by atoms with E-state index in [2.05, 4.69) is 10.0 Å². The minimum absolute atomic E-state index is 0.182. The van der Waals surface area contributed by atoms with Crippen molar-refractivity contribution in [1.82, 2.24) is 5.32 Å². The summed E-state index contributed by atoms with van der Waals surface area (Å²) in [6.07, 6.45) is -4.60. The number of carbonyl (C=O) groups excluding carboxylic acids is 1. The Hall–Kier alpha value is -3.24. The number of nitrogens with one attached hydrogen (secondary N) is 2. The first kappa shape index (κ1) is 25.4. The van der Waals surface area contributed by atoms with E-state index in [1.165, 1.54) is 30.3 Å². The van der Waals surface area contributed by atoms with Crippen molar-refractivity contribution in [2.45, 2.75) is 24.0 Å². The molecule has 0 heterocycles. The summed E-state index contributed by atoms with van der Waals surface area (Å²) in [5.41, 5.74) is -0.331. The fourth-order valence-electron chi connectivity index (χ4n) is 2.95. The monoisotopic (exact) mass is 512 g/mol. The van der Waals surface area contributed by atoms with Gasteiger partial charge >= 0.3 is 6.18 Å². The topological polar surface area (TPSA) is 84.5 Å². The summed E-state index contributed by atoms with van der Waals surface area (Å²) in [6.45, 7) is 1.50. The van der Waals surface area contributed by atoms with Crippen molar-refractivity contribution in [3.05, 3.63) is 88.9 Å². The van der Waals surface area contributed by atoms with Crippen molar-refractivity contribution in [1.29, 1.82) is 0 Å². The molecule has 0 fully saturated rings. The second-order valence-corrected chi connectivity index (χ2v) is 9.40. The van der Waals surface area contributed by atoms with Gasteiger partial charge in [-0.1, -0.05) is 29.8 Å². The Bertz CT molecular complexity index is 1250. The largest absolute Gasteiger partial charge is 0.484 e. The van der Waals surface area contributed by atoms with Crippen LogP contribution in [0.25, 0.3) is 0 Å². The first-order chi connectivity index (χ1) is 15.9. The summed E-state index contributed by atoms with van der Waals surface area (Å²) < 4.78 is 71.1. The number of rotatable bonds is 8. The maximum Gasteiger partial charge on any atom is 0.416 e. The number of ether oxygens (including phenoxy) is 1. The lowest BCUT2D eigenvalue weighted by molar-refractivity contribution is -0.137. The Labute approximate surface area is 199 Å². The van der Waals surface area contributed by atoms with Gasteiger partial charge in [0.25, 0.3) is 15.9 Å². The van der Waals surface area contributed by atoms with Crippen LogP contribution in [0.1, 0.15) is 24.1 Å². The van der Waals surface area contributed by atoms with E-state index in [1.54, 1.807) is 31.2 Å². The molecule has 0 radical (unpaired) electrons. The summed E-state index contributed by atoms with van der Waals surface area (Å²) in [5, 5.41) is 3.36. The summed E-state index contributed by atoms with van der Waals surface area (Å²) >= 11 is 5.85. The third kappa shape index (κ3) is 6.88. The normalized spacial score (nSPS) is 12.6. The highest BCUT2D eigenvalue weighted by Gasteiger charge is 2.30. The second kappa shape index (κ2) is 10.4. The molecule has 3 aromatic rings. The third-order valence-electron chi connectivity index (χ3n) is 4.69. The SMILES string of the molecule is CC(NC(=O)COc1ccc(S(=O)(=O)Nc2cccc(C(F)(F)F)c2)cc1)c1ccc(Cl)cc1. The van der Waals surface area contributed by atoms with Crippen LogP contribution >= 0.6 is 11.6 Å². The van der Waals surface area contributed by atoms with Gasteiger partial charge < -0.3 is 10.1 Å². The van der Waals surface area contributed by atoms with Crippen LogP contribution in [0.4, 0.5) is 18.9 Å². The lowest BCUT2D eigenvalue weighted by Crippen LogP contribution is -2.31. The molecule has 0 spiro atoms. The first-order valence-electron chi connectivity index (χ1n) is 9.92. The van der Waals surface area contributed by atoms with Crippen LogP contribution in [0.5, 0.6) is 5.75 Å². The quantitative estimate of drug-likeness (QED) is 0.422. The number of amides is 1. The van der Waals surface area contributed by atoms with Gasteiger partial charge in [0.15, 0.2) is 6.61 Å². The van der Waals surface area contributed by atoms with Crippen LogP contribution in [-0.4, -0.2) is 20.9 Å². The molecule has 0 aliphatic heterocycles. The van der Waals surface area contributed by atoms with Crippen molar-refractivity contribution in [2.75, 3.05) is 11.3 Å². The first-order valence-corrected chi connectivity index (χ1v) is 11.8. The second-order valence-electron chi connectivity index (χ2n) is 7.28. The average molecular weight is 513 g/mol. The Balaban J connectivity index is 1.58. The molecule has 1 unspecified atom stereocenters. The van der Waals surface area contributed by atoms with Crippen LogP contribution < -0.4 is 14.8 Å². The molecule has 1 amide bonds. The molecule has 0 saturated heterocycles. The summed E-state index contributed by atoms with van der Waals surface area (Å²) in [7, 11) is -4.13. The molecule has 3 rings (SSSR count). The highest BCUT2D eigenvalue weighted by Crippen LogP contribution is 2.31. The number of hydrogen-bond donors (Lipinski definition) is 2. The molecule has 1 atom stereocenters. The van der Waals surface area contributed by atoms with Gasteiger partial charge in [-0.25, -0.2) is 8.42 Å². The van der Waals surface area contributed by atoms with Gasteiger partial charge in [0.1, 0.15) is 5.75 Å². The van der Waals surface area contributed by atoms with Gasteiger partial charge in [-0.05, 0) is 67.1 Å². The Morgan fingerprint density at radius 3 is 2.29 bits per heavy atom. The van der Waals surface area contributed by atoms with Crippen LogP contribution in [0, 0.1) is 0 Å². The Morgan fingerprint density at radius 2 is 1.68 bits per heavy atom. The maximum atomic E-state index is 12.8. The minimum Gasteiger partial charge on any atom is -0.484 e. The van der Waals surface area contributed by atoms with Crippen LogP contribution in [0.3, 0.4) is 0 Å². The molecule has 0 saturated carbocycles. The predicted octanol–water partition coefficient (Wildman–Crippen LogP) is 5.42. The molecule has 2 N–H and O–H groups in total. The number of halogens is 4. The standard InChI is InChI=1S/C23H20ClF3N2O4S/c1-15(16-5-7-18(24)8-6-16)28-22(30)14-33-20-9-11-21(12-10-20)34(31,32)29-19-4-2-3-17(13-19)23(25,26)27/h2-13,15,29H,14H2,1H3,(H,28,30). The lowest BCUT2D eigenvalue weighted by atomic mass is 10.1. The predicted molar refractivity (Wildman–Crippen MR) is 122 cm³/mol. The van der Waals surface area contributed by atoms with Gasteiger partial charge in [-0.15, -0.1) is 0 Å². The number of benzene rings is 3.